The molecule has 0 bridgehead atoms. The Balaban J connectivity index is 3.11. The summed E-state index contributed by atoms with van der Waals surface area (Å²) in [5, 5.41) is 20.9. The lowest BCUT2D eigenvalue weighted by atomic mass is 9.82. The van der Waals surface area contributed by atoms with Crippen molar-refractivity contribution in [3.05, 3.63) is 38.3 Å². The maximum absolute atomic E-state index is 10.8. The number of nitro benzene ring substituents is 1. The van der Waals surface area contributed by atoms with E-state index in [2.05, 4.69) is 15.9 Å². The molecule has 0 fully saturated rings. The van der Waals surface area contributed by atoms with Crippen LogP contribution in [0.1, 0.15) is 32.4 Å². The number of halogens is 1. The molecule has 5 nitrogen and oxygen atoms in total. The van der Waals surface area contributed by atoms with Crippen molar-refractivity contribution in [1.29, 1.82) is 0 Å². The fraction of sp³-hybridized carbons (Fsp3) is 0.500. The van der Waals surface area contributed by atoms with E-state index < -0.39 is 17.1 Å². The first-order chi connectivity index (χ1) is 8.14. The molecular weight excluding hydrogens is 300 g/mol. The Kier molecular flexibility index (Phi) is 4.47. The van der Waals surface area contributed by atoms with E-state index in [4.69, 9.17) is 5.73 Å². The summed E-state index contributed by atoms with van der Waals surface area (Å²) in [6.45, 7) is 5.60. The predicted molar refractivity (Wildman–Crippen MR) is 73.2 cm³/mol. The standard InChI is InChI=1S/C12H17BrN2O3/c1-12(2,3)11(16)10(14)7-4-5-8(13)9(6-7)15(17)18/h4-6,10-11,16H,14H2,1-3H3/t10-,11-/m1/s1. The first kappa shape index (κ1) is 15.1. The number of benzene rings is 1. The van der Waals surface area contributed by atoms with Gasteiger partial charge in [0.25, 0.3) is 5.69 Å². The second-order valence-electron chi connectivity index (χ2n) is 5.30. The van der Waals surface area contributed by atoms with Gasteiger partial charge in [0.15, 0.2) is 0 Å². The number of nitro groups is 1. The fourth-order valence-electron chi connectivity index (χ4n) is 1.60. The Hall–Kier alpha value is -0.980. The average molecular weight is 317 g/mol. The first-order valence-electron chi connectivity index (χ1n) is 5.52. The number of nitrogens with zero attached hydrogens (tertiary/aromatic N) is 1. The van der Waals surface area contributed by atoms with Crippen molar-refractivity contribution in [1.82, 2.24) is 0 Å². The van der Waals surface area contributed by atoms with Gasteiger partial charge in [-0.15, -0.1) is 0 Å². The Morgan fingerprint density at radius 3 is 2.44 bits per heavy atom. The van der Waals surface area contributed by atoms with Crippen molar-refractivity contribution < 1.29 is 10.0 Å². The molecule has 2 atom stereocenters. The van der Waals surface area contributed by atoms with Crippen LogP contribution in [0.2, 0.25) is 0 Å². The molecule has 0 unspecified atom stereocenters. The van der Waals surface area contributed by atoms with Gasteiger partial charge in [0.05, 0.1) is 21.5 Å². The van der Waals surface area contributed by atoms with Crippen molar-refractivity contribution >= 4 is 21.6 Å². The second-order valence-corrected chi connectivity index (χ2v) is 6.16. The maximum atomic E-state index is 10.8. The van der Waals surface area contributed by atoms with E-state index in [1.807, 2.05) is 20.8 Å². The Morgan fingerprint density at radius 1 is 1.44 bits per heavy atom. The molecule has 0 aliphatic heterocycles. The highest BCUT2D eigenvalue weighted by molar-refractivity contribution is 9.10. The zero-order valence-electron chi connectivity index (χ0n) is 10.6. The summed E-state index contributed by atoms with van der Waals surface area (Å²) in [5.41, 5.74) is 6.06. The zero-order chi connectivity index (χ0) is 14.1. The van der Waals surface area contributed by atoms with Gasteiger partial charge in [-0.3, -0.25) is 10.1 Å². The number of hydrogen-bond acceptors (Lipinski definition) is 4. The Bertz CT molecular complexity index is 457. The molecule has 1 rings (SSSR count). The van der Waals surface area contributed by atoms with Crippen LogP contribution in [0.5, 0.6) is 0 Å². The normalized spacial score (nSPS) is 15.2. The topological polar surface area (TPSA) is 89.4 Å². The van der Waals surface area contributed by atoms with Gasteiger partial charge in [0.2, 0.25) is 0 Å². The number of aliphatic hydroxyl groups is 1. The van der Waals surface area contributed by atoms with Crippen LogP contribution in [0.3, 0.4) is 0 Å². The van der Waals surface area contributed by atoms with Crippen LogP contribution in [-0.4, -0.2) is 16.1 Å². The number of hydrogen-bond donors (Lipinski definition) is 2. The second kappa shape index (κ2) is 5.34. The minimum atomic E-state index is -0.779. The van der Waals surface area contributed by atoms with Crippen molar-refractivity contribution in [2.24, 2.45) is 11.1 Å². The zero-order valence-corrected chi connectivity index (χ0v) is 12.1. The molecule has 0 heterocycles. The quantitative estimate of drug-likeness (QED) is 0.662. The van der Waals surface area contributed by atoms with Gasteiger partial charge >= 0.3 is 0 Å². The van der Waals surface area contributed by atoms with Gasteiger partial charge < -0.3 is 10.8 Å². The summed E-state index contributed by atoms with van der Waals surface area (Å²) >= 11 is 3.11. The predicted octanol–water partition coefficient (Wildman–Crippen LogP) is 2.76. The largest absolute Gasteiger partial charge is 0.391 e. The molecule has 1 aromatic carbocycles. The maximum Gasteiger partial charge on any atom is 0.283 e. The van der Waals surface area contributed by atoms with E-state index in [1.165, 1.54) is 6.07 Å². The van der Waals surface area contributed by atoms with Crippen LogP contribution in [0.15, 0.2) is 22.7 Å². The van der Waals surface area contributed by atoms with E-state index in [0.29, 0.717) is 10.0 Å². The molecule has 0 saturated heterocycles. The molecule has 100 valence electrons. The van der Waals surface area contributed by atoms with Crippen molar-refractivity contribution in [3.8, 4) is 0 Å². The third-order valence-electron chi connectivity index (χ3n) is 2.78. The summed E-state index contributed by atoms with van der Waals surface area (Å²) in [6, 6.07) is 3.99. The SMILES string of the molecule is CC(C)(C)[C@H](O)[C@H](N)c1ccc(Br)c([N+](=O)[O-])c1. The lowest BCUT2D eigenvalue weighted by molar-refractivity contribution is -0.385. The van der Waals surface area contributed by atoms with Crippen LogP contribution >= 0.6 is 15.9 Å². The summed E-state index contributed by atoms with van der Waals surface area (Å²) in [4.78, 5) is 10.4. The van der Waals surface area contributed by atoms with E-state index in [-0.39, 0.29) is 11.1 Å². The van der Waals surface area contributed by atoms with Crippen molar-refractivity contribution in [2.45, 2.75) is 32.9 Å². The number of rotatable bonds is 3. The molecule has 0 amide bonds. The number of nitrogens with two attached hydrogens (primary N) is 1. The first-order valence-corrected chi connectivity index (χ1v) is 6.31. The lowest BCUT2D eigenvalue weighted by Crippen LogP contribution is -2.36. The average Bonchev–Trinajstić information content (AvgIpc) is 2.26. The molecule has 6 heteroatoms. The van der Waals surface area contributed by atoms with Gasteiger partial charge in [0.1, 0.15) is 0 Å². The summed E-state index contributed by atoms with van der Waals surface area (Å²) < 4.78 is 0.397. The molecule has 0 radical (unpaired) electrons. The molecule has 0 aromatic heterocycles. The van der Waals surface area contributed by atoms with Gasteiger partial charge in [-0.1, -0.05) is 26.8 Å². The molecule has 18 heavy (non-hydrogen) atoms. The molecule has 3 N–H and O–H groups in total. The Morgan fingerprint density at radius 2 is 2.00 bits per heavy atom. The van der Waals surface area contributed by atoms with E-state index in [9.17, 15) is 15.2 Å². The molecule has 1 aromatic rings. The van der Waals surface area contributed by atoms with Crippen LogP contribution in [0.25, 0.3) is 0 Å². The summed E-state index contributed by atoms with van der Waals surface area (Å²) in [7, 11) is 0. The monoisotopic (exact) mass is 316 g/mol. The summed E-state index contributed by atoms with van der Waals surface area (Å²) in [5.74, 6) is 0. The van der Waals surface area contributed by atoms with Crippen molar-refractivity contribution in [3.63, 3.8) is 0 Å². The molecule has 0 spiro atoms. The van der Waals surface area contributed by atoms with Crippen molar-refractivity contribution in [2.75, 3.05) is 0 Å². The summed E-state index contributed by atoms with van der Waals surface area (Å²) in [6.07, 6.45) is -0.779. The smallest absolute Gasteiger partial charge is 0.283 e. The lowest BCUT2D eigenvalue weighted by Gasteiger charge is -2.30. The fourth-order valence-corrected chi connectivity index (χ4v) is 1.99. The van der Waals surface area contributed by atoms with Gasteiger partial charge in [-0.05, 0) is 33.0 Å². The van der Waals surface area contributed by atoms with Crippen LogP contribution in [0, 0.1) is 15.5 Å². The minimum absolute atomic E-state index is 0.0518. The van der Waals surface area contributed by atoms with Crippen LogP contribution < -0.4 is 5.73 Å². The molecule has 0 aliphatic rings. The number of aliphatic hydroxyl groups excluding tert-OH is 1. The van der Waals surface area contributed by atoms with E-state index in [0.717, 1.165) is 0 Å². The molecular formula is C12H17BrN2O3. The Labute approximate surface area is 114 Å². The van der Waals surface area contributed by atoms with Crippen LogP contribution in [-0.2, 0) is 0 Å². The highest BCUT2D eigenvalue weighted by atomic mass is 79.9. The van der Waals surface area contributed by atoms with Gasteiger partial charge in [-0.25, -0.2) is 0 Å². The highest BCUT2D eigenvalue weighted by Gasteiger charge is 2.30. The third-order valence-corrected chi connectivity index (χ3v) is 3.45. The van der Waals surface area contributed by atoms with Crippen LogP contribution in [0.4, 0.5) is 5.69 Å². The minimum Gasteiger partial charge on any atom is -0.391 e. The molecule has 0 saturated carbocycles. The van der Waals surface area contributed by atoms with Gasteiger partial charge in [0, 0.05) is 6.07 Å². The highest BCUT2D eigenvalue weighted by Crippen LogP contribution is 2.32. The van der Waals surface area contributed by atoms with Gasteiger partial charge in [-0.2, -0.15) is 0 Å². The third kappa shape index (κ3) is 3.28. The molecule has 0 aliphatic carbocycles. The van der Waals surface area contributed by atoms with E-state index in [1.54, 1.807) is 12.1 Å². The van der Waals surface area contributed by atoms with E-state index >= 15 is 0 Å².